The third kappa shape index (κ3) is 2.92. The zero-order valence-corrected chi connectivity index (χ0v) is 11.7. The Kier molecular flexibility index (Phi) is 3.74. The van der Waals surface area contributed by atoms with Crippen molar-refractivity contribution in [2.75, 3.05) is 11.9 Å². The van der Waals surface area contributed by atoms with Crippen LogP contribution < -0.4 is 10.2 Å². The molecule has 2 aliphatic rings. The van der Waals surface area contributed by atoms with Crippen LogP contribution in [0.15, 0.2) is 18.2 Å². The molecule has 3 heteroatoms. The molecule has 1 N–H and O–H groups in total. The molecule has 0 aliphatic heterocycles. The summed E-state index contributed by atoms with van der Waals surface area (Å²) in [7, 11) is 2.05. The molecular weight excluding hydrogens is 239 g/mol. The first kappa shape index (κ1) is 12.9. The molecule has 2 nitrogen and oxygen atoms in total. The Morgan fingerprint density at radius 2 is 1.95 bits per heavy atom. The van der Waals surface area contributed by atoms with Crippen LogP contribution in [0.4, 0.5) is 10.1 Å². The second kappa shape index (κ2) is 5.49. The fraction of sp³-hybridized carbons (Fsp3) is 0.625. The SMILES string of the molecule is CN(c1c(F)cccc1CNC1CC1)C1CCCC1. The Morgan fingerprint density at radius 3 is 2.63 bits per heavy atom. The smallest absolute Gasteiger partial charge is 0.146 e. The molecule has 2 fully saturated rings. The number of anilines is 1. The summed E-state index contributed by atoms with van der Waals surface area (Å²) >= 11 is 0. The van der Waals surface area contributed by atoms with Crippen molar-refractivity contribution in [3.8, 4) is 0 Å². The van der Waals surface area contributed by atoms with Crippen LogP contribution in [-0.2, 0) is 6.54 Å². The fourth-order valence-electron chi connectivity index (χ4n) is 3.11. The summed E-state index contributed by atoms with van der Waals surface area (Å²) < 4.78 is 14.2. The van der Waals surface area contributed by atoms with E-state index in [9.17, 15) is 4.39 Å². The molecule has 0 bridgehead atoms. The number of hydrogen-bond donors (Lipinski definition) is 1. The molecule has 0 heterocycles. The van der Waals surface area contributed by atoms with Gasteiger partial charge in [0.25, 0.3) is 0 Å². The third-order valence-corrected chi connectivity index (χ3v) is 4.45. The van der Waals surface area contributed by atoms with Gasteiger partial charge in [0.2, 0.25) is 0 Å². The van der Waals surface area contributed by atoms with E-state index in [0.29, 0.717) is 12.1 Å². The summed E-state index contributed by atoms with van der Waals surface area (Å²) in [6, 6.07) is 6.63. The van der Waals surface area contributed by atoms with E-state index in [1.807, 2.05) is 6.07 Å². The predicted molar refractivity (Wildman–Crippen MR) is 76.9 cm³/mol. The molecule has 1 aromatic carbocycles. The second-order valence-electron chi connectivity index (χ2n) is 5.95. The highest BCUT2D eigenvalue weighted by molar-refractivity contribution is 5.55. The monoisotopic (exact) mass is 262 g/mol. The normalized spacial score (nSPS) is 19.9. The number of rotatable bonds is 5. The van der Waals surface area contributed by atoms with E-state index in [-0.39, 0.29) is 5.82 Å². The average Bonchev–Trinajstić information content (AvgIpc) is 3.07. The van der Waals surface area contributed by atoms with Crippen LogP contribution in [0, 0.1) is 5.82 Å². The number of hydrogen-bond acceptors (Lipinski definition) is 2. The van der Waals surface area contributed by atoms with E-state index < -0.39 is 0 Å². The molecule has 0 saturated heterocycles. The van der Waals surface area contributed by atoms with Gasteiger partial charge in [-0.1, -0.05) is 25.0 Å². The first-order valence-corrected chi connectivity index (χ1v) is 7.49. The largest absolute Gasteiger partial charge is 0.369 e. The Morgan fingerprint density at radius 1 is 1.21 bits per heavy atom. The van der Waals surface area contributed by atoms with Crippen LogP contribution in [0.3, 0.4) is 0 Å². The molecule has 0 spiro atoms. The molecule has 2 saturated carbocycles. The Balaban J connectivity index is 1.79. The van der Waals surface area contributed by atoms with Crippen LogP contribution in [0.5, 0.6) is 0 Å². The van der Waals surface area contributed by atoms with E-state index in [4.69, 9.17) is 0 Å². The Labute approximate surface area is 115 Å². The first-order chi connectivity index (χ1) is 9.25. The minimum Gasteiger partial charge on any atom is -0.369 e. The molecule has 0 amide bonds. The molecule has 0 radical (unpaired) electrons. The quantitative estimate of drug-likeness (QED) is 0.874. The molecule has 0 atom stereocenters. The number of nitrogens with zero attached hydrogens (tertiary/aromatic N) is 1. The summed E-state index contributed by atoms with van der Waals surface area (Å²) in [6.45, 7) is 0.787. The van der Waals surface area contributed by atoms with Crippen molar-refractivity contribution in [3.05, 3.63) is 29.6 Å². The van der Waals surface area contributed by atoms with Gasteiger partial charge in [0.05, 0.1) is 5.69 Å². The van der Waals surface area contributed by atoms with E-state index in [0.717, 1.165) is 17.8 Å². The minimum atomic E-state index is -0.0792. The lowest BCUT2D eigenvalue weighted by Crippen LogP contribution is -2.31. The van der Waals surface area contributed by atoms with Gasteiger partial charge in [-0.2, -0.15) is 0 Å². The molecule has 0 unspecified atom stereocenters. The van der Waals surface area contributed by atoms with Crippen molar-refractivity contribution in [2.45, 2.75) is 57.2 Å². The second-order valence-corrected chi connectivity index (χ2v) is 5.95. The Bertz CT molecular complexity index is 436. The van der Waals surface area contributed by atoms with E-state index in [2.05, 4.69) is 23.3 Å². The maximum atomic E-state index is 14.2. The van der Waals surface area contributed by atoms with Gasteiger partial charge >= 0.3 is 0 Å². The number of benzene rings is 1. The minimum absolute atomic E-state index is 0.0792. The van der Waals surface area contributed by atoms with Gasteiger partial charge in [0.1, 0.15) is 5.82 Å². The van der Waals surface area contributed by atoms with Gasteiger partial charge in [-0.15, -0.1) is 0 Å². The van der Waals surface area contributed by atoms with Crippen molar-refractivity contribution < 1.29 is 4.39 Å². The van der Waals surface area contributed by atoms with Crippen molar-refractivity contribution in [3.63, 3.8) is 0 Å². The maximum Gasteiger partial charge on any atom is 0.146 e. The van der Waals surface area contributed by atoms with Crippen LogP contribution in [-0.4, -0.2) is 19.1 Å². The highest BCUT2D eigenvalue weighted by Gasteiger charge is 2.25. The number of halogens is 1. The zero-order chi connectivity index (χ0) is 13.2. The summed E-state index contributed by atoms with van der Waals surface area (Å²) in [6.07, 6.45) is 7.48. The maximum absolute atomic E-state index is 14.2. The molecule has 3 rings (SSSR count). The Hall–Kier alpha value is -1.09. The van der Waals surface area contributed by atoms with Gasteiger partial charge in [0.15, 0.2) is 0 Å². The summed E-state index contributed by atoms with van der Waals surface area (Å²) in [5, 5.41) is 3.49. The van der Waals surface area contributed by atoms with E-state index >= 15 is 0 Å². The third-order valence-electron chi connectivity index (χ3n) is 4.45. The van der Waals surface area contributed by atoms with Crippen molar-refractivity contribution in [2.24, 2.45) is 0 Å². The van der Waals surface area contributed by atoms with Crippen LogP contribution >= 0.6 is 0 Å². The standard InChI is InChI=1S/C16H23FN2/c1-19(14-6-2-3-7-14)16-12(5-4-8-15(16)17)11-18-13-9-10-13/h4-5,8,13-14,18H,2-3,6-7,9-11H2,1H3. The average molecular weight is 262 g/mol. The summed E-state index contributed by atoms with van der Waals surface area (Å²) in [4.78, 5) is 2.17. The molecule has 2 aliphatic carbocycles. The molecular formula is C16H23FN2. The van der Waals surface area contributed by atoms with Crippen LogP contribution in [0.2, 0.25) is 0 Å². The lowest BCUT2D eigenvalue weighted by Gasteiger charge is -2.29. The van der Waals surface area contributed by atoms with Crippen LogP contribution in [0.1, 0.15) is 44.1 Å². The van der Waals surface area contributed by atoms with Gasteiger partial charge in [0, 0.05) is 25.7 Å². The lowest BCUT2D eigenvalue weighted by atomic mass is 10.1. The lowest BCUT2D eigenvalue weighted by molar-refractivity contribution is 0.587. The zero-order valence-electron chi connectivity index (χ0n) is 11.7. The number of nitrogens with one attached hydrogen (secondary N) is 1. The highest BCUT2D eigenvalue weighted by atomic mass is 19.1. The fourth-order valence-corrected chi connectivity index (χ4v) is 3.11. The van der Waals surface area contributed by atoms with Gasteiger partial charge in [-0.25, -0.2) is 4.39 Å². The topological polar surface area (TPSA) is 15.3 Å². The molecule has 19 heavy (non-hydrogen) atoms. The highest BCUT2D eigenvalue weighted by Crippen LogP contribution is 2.31. The van der Waals surface area contributed by atoms with Crippen molar-refractivity contribution >= 4 is 5.69 Å². The van der Waals surface area contributed by atoms with Crippen LogP contribution in [0.25, 0.3) is 0 Å². The van der Waals surface area contributed by atoms with Gasteiger partial charge in [-0.3, -0.25) is 0 Å². The summed E-state index contributed by atoms with van der Waals surface area (Å²) in [5.41, 5.74) is 1.91. The summed E-state index contributed by atoms with van der Waals surface area (Å²) in [5.74, 6) is -0.0792. The van der Waals surface area contributed by atoms with Gasteiger partial charge in [-0.05, 0) is 37.3 Å². The van der Waals surface area contributed by atoms with E-state index in [1.165, 1.54) is 38.5 Å². The number of para-hydroxylation sites is 1. The molecule has 1 aromatic rings. The molecule has 104 valence electrons. The van der Waals surface area contributed by atoms with Gasteiger partial charge < -0.3 is 10.2 Å². The van der Waals surface area contributed by atoms with E-state index in [1.54, 1.807) is 6.07 Å². The first-order valence-electron chi connectivity index (χ1n) is 7.49. The van der Waals surface area contributed by atoms with Crippen molar-refractivity contribution in [1.29, 1.82) is 0 Å². The molecule has 0 aromatic heterocycles. The predicted octanol–water partition coefficient (Wildman–Crippen LogP) is 3.46. The van der Waals surface area contributed by atoms with Crippen molar-refractivity contribution in [1.82, 2.24) is 5.32 Å².